The molecule has 0 spiro atoms. The molecule has 0 N–H and O–H groups in total. The lowest BCUT2D eigenvalue weighted by Crippen LogP contribution is -1.81. The van der Waals surface area contributed by atoms with Gasteiger partial charge in [-0.3, -0.25) is 0 Å². The van der Waals surface area contributed by atoms with Gasteiger partial charge in [0.1, 0.15) is 0 Å². The maximum Gasteiger partial charge on any atom is -0.0230 e. The van der Waals surface area contributed by atoms with Gasteiger partial charge in [0.2, 0.25) is 0 Å². The molecular weight excluding hydrogens is 252 g/mol. The molecule has 0 heteroatoms. The van der Waals surface area contributed by atoms with Gasteiger partial charge in [0.25, 0.3) is 0 Å². The minimum Gasteiger partial charge on any atom is -0.0877 e. The van der Waals surface area contributed by atoms with Gasteiger partial charge < -0.3 is 0 Å². The molecule has 0 aromatic heterocycles. The van der Waals surface area contributed by atoms with Crippen LogP contribution >= 0.6 is 0 Å². The van der Waals surface area contributed by atoms with Crippen molar-refractivity contribution in [2.45, 2.75) is 62.8 Å². The summed E-state index contributed by atoms with van der Waals surface area (Å²) in [5.74, 6) is 0. The first-order valence-electron chi connectivity index (χ1n) is 7.25. The predicted octanol–water partition coefficient (Wildman–Crippen LogP) is 7.83. The van der Waals surface area contributed by atoms with Crippen molar-refractivity contribution in [3.8, 4) is 0 Å². The van der Waals surface area contributed by atoms with Crippen LogP contribution in [-0.4, -0.2) is 0 Å². The molecule has 0 aliphatic rings. The van der Waals surface area contributed by atoms with E-state index < -0.39 is 0 Å². The fourth-order valence-electron chi connectivity index (χ4n) is 1.36. The largest absolute Gasteiger partial charge is 0.0877 e. The smallest absolute Gasteiger partial charge is 0.0230 e. The SMILES string of the molecule is C.C.CC.C\C=C/C=C\C(=C/C)C(\C=C/C=C\CC)=C\C. The first-order valence-corrected chi connectivity index (χ1v) is 7.25. The van der Waals surface area contributed by atoms with E-state index in [0.29, 0.717) is 0 Å². The lowest BCUT2D eigenvalue weighted by molar-refractivity contribution is 1.22. The Kier molecular flexibility index (Phi) is 31.1. The number of hydrogen-bond donors (Lipinski definition) is 0. The summed E-state index contributed by atoms with van der Waals surface area (Å²) < 4.78 is 0. The van der Waals surface area contributed by atoms with Crippen LogP contribution in [0, 0.1) is 0 Å². The van der Waals surface area contributed by atoms with Gasteiger partial charge >= 0.3 is 0 Å². The number of allylic oxidation sites excluding steroid dienone is 12. The second kappa shape index (κ2) is 23.5. The average Bonchev–Trinajstić information content (AvgIpc) is 2.47. The highest BCUT2D eigenvalue weighted by Crippen LogP contribution is 2.13. The van der Waals surface area contributed by atoms with E-state index in [-0.39, 0.29) is 14.9 Å². The van der Waals surface area contributed by atoms with Crippen LogP contribution in [-0.2, 0) is 0 Å². The van der Waals surface area contributed by atoms with Crippen LogP contribution in [0.1, 0.15) is 62.8 Å². The topological polar surface area (TPSA) is 0 Å². The molecule has 0 unspecified atom stereocenters. The summed E-state index contributed by atoms with van der Waals surface area (Å²) in [6.07, 6.45) is 22.1. The van der Waals surface area contributed by atoms with Gasteiger partial charge in [0.05, 0.1) is 0 Å². The molecule has 0 aromatic rings. The third-order valence-electron chi connectivity index (χ3n) is 2.29. The Morgan fingerprint density at radius 3 is 1.48 bits per heavy atom. The fourth-order valence-corrected chi connectivity index (χ4v) is 1.36. The van der Waals surface area contributed by atoms with Crippen molar-refractivity contribution in [1.82, 2.24) is 0 Å². The quantitative estimate of drug-likeness (QED) is 0.437. The van der Waals surface area contributed by atoms with Crippen LogP contribution in [0.5, 0.6) is 0 Å². The predicted molar refractivity (Wildman–Crippen MR) is 105 cm³/mol. The summed E-state index contributed by atoms with van der Waals surface area (Å²) in [5, 5.41) is 0. The lowest BCUT2D eigenvalue weighted by Gasteiger charge is -2.01. The van der Waals surface area contributed by atoms with Crippen LogP contribution < -0.4 is 0 Å². The van der Waals surface area contributed by atoms with E-state index >= 15 is 0 Å². The van der Waals surface area contributed by atoms with Crippen LogP contribution in [0.2, 0.25) is 0 Å². The fraction of sp³-hybridized carbons (Fsp3) is 0.429. The monoisotopic (exact) mass is 290 g/mol. The van der Waals surface area contributed by atoms with Crippen molar-refractivity contribution in [1.29, 1.82) is 0 Å². The Balaban J connectivity index is -0.000000344. The Hall–Kier alpha value is -1.56. The molecule has 0 heterocycles. The van der Waals surface area contributed by atoms with Crippen molar-refractivity contribution in [2.24, 2.45) is 0 Å². The standard InChI is InChI=1S/C17H24.C2H6.2CH4/c1-5-9-11-13-15-17(8-4)16(7-3)14-12-10-6-2;1-2;;/h6-15H,5H2,1-4H3;1-2H3;2*1H4/b10-6-,11-9-,14-12-,15-13-,16-7+,17-8+;;;. The Labute approximate surface area is 135 Å². The van der Waals surface area contributed by atoms with E-state index in [1.165, 1.54) is 11.1 Å². The normalized spacial score (nSPS) is 12.5. The zero-order valence-corrected chi connectivity index (χ0v) is 13.5. The molecule has 0 aromatic carbocycles. The highest BCUT2D eigenvalue weighted by atomic mass is 14.0. The summed E-state index contributed by atoms with van der Waals surface area (Å²) in [7, 11) is 0. The molecule has 0 saturated carbocycles. The highest BCUT2D eigenvalue weighted by molar-refractivity contribution is 5.47. The minimum atomic E-state index is 0. The zero-order valence-electron chi connectivity index (χ0n) is 13.5. The number of rotatable bonds is 6. The van der Waals surface area contributed by atoms with E-state index in [2.05, 4.69) is 69.4 Å². The molecule has 0 aliphatic carbocycles. The highest BCUT2D eigenvalue weighted by Gasteiger charge is 1.93. The van der Waals surface area contributed by atoms with Gasteiger partial charge in [0.15, 0.2) is 0 Å². The summed E-state index contributed by atoms with van der Waals surface area (Å²) in [5.41, 5.74) is 2.49. The molecule has 0 atom stereocenters. The third kappa shape index (κ3) is 16.4. The van der Waals surface area contributed by atoms with Crippen LogP contribution in [0.25, 0.3) is 0 Å². The summed E-state index contributed by atoms with van der Waals surface area (Å²) in [4.78, 5) is 0. The molecule has 0 rings (SSSR count). The third-order valence-corrected chi connectivity index (χ3v) is 2.29. The van der Waals surface area contributed by atoms with Crippen molar-refractivity contribution in [3.63, 3.8) is 0 Å². The minimum absolute atomic E-state index is 0. The molecule has 21 heavy (non-hydrogen) atoms. The van der Waals surface area contributed by atoms with Crippen molar-refractivity contribution >= 4 is 0 Å². The molecular formula is C21H38. The van der Waals surface area contributed by atoms with Gasteiger partial charge in [-0.05, 0) is 38.3 Å². The molecule has 0 amide bonds. The Morgan fingerprint density at radius 2 is 1.14 bits per heavy atom. The van der Waals surface area contributed by atoms with E-state index in [1.54, 1.807) is 0 Å². The summed E-state index contributed by atoms with van der Waals surface area (Å²) in [6.45, 7) is 12.3. The number of hydrogen-bond acceptors (Lipinski definition) is 0. The van der Waals surface area contributed by atoms with Crippen LogP contribution in [0.15, 0.2) is 71.9 Å². The first kappa shape index (κ1) is 27.7. The molecule has 0 nitrogen and oxygen atoms in total. The van der Waals surface area contributed by atoms with Gasteiger partial charge in [0, 0.05) is 0 Å². The van der Waals surface area contributed by atoms with E-state index in [1.807, 2.05) is 32.9 Å². The second-order valence-corrected chi connectivity index (χ2v) is 3.57. The lowest BCUT2D eigenvalue weighted by atomic mass is 10.0. The summed E-state index contributed by atoms with van der Waals surface area (Å²) in [6, 6.07) is 0. The molecule has 0 radical (unpaired) electrons. The first-order chi connectivity index (χ1) is 9.29. The molecule has 122 valence electrons. The van der Waals surface area contributed by atoms with Crippen LogP contribution in [0.4, 0.5) is 0 Å². The molecule has 0 aliphatic heterocycles. The molecule has 0 fully saturated rings. The van der Waals surface area contributed by atoms with Crippen LogP contribution in [0.3, 0.4) is 0 Å². The molecule has 0 bridgehead atoms. The maximum atomic E-state index is 2.15. The zero-order chi connectivity index (χ0) is 14.9. The van der Waals surface area contributed by atoms with Crippen molar-refractivity contribution in [3.05, 3.63) is 71.9 Å². The summed E-state index contributed by atoms with van der Waals surface area (Å²) >= 11 is 0. The Bertz CT molecular complexity index is 357. The van der Waals surface area contributed by atoms with Crippen molar-refractivity contribution < 1.29 is 0 Å². The van der Waals surface area contributed by atoms with Gasteiger partial charge in [-0.1, -0.05) is 96.4 Å². The molecule has 0 saturated heterocycles. The van der Waals surface area contributed by atoms with Gasteiger partial charge in [-0.15, -0.1) is 0 Å². The van der Waals surface area contributed by atoms with E-state index in [0.717, 1.165) is 6.42 Å². The van der Waals surface area contributed by atoms with Gasteiger partial charge in [-0.25, -0.2) is 0 Å². The van der Waals surface area contributed by atoms with Gasteiger partial charge in [-0.2, -0.15) is 0 Å². The second-order valence-electron chi connectivity index (χ2n) is 3.57. The average molecular weight is 291 g/mol. The van der Waals surface area contributed by atoms with Crippen molar-refractivity contribution in [2.75, 3.05) is 0 Å². The Morgan fingerprint density at radius 1 is 0.714 bits per heavy atom. The van der Waals surface area contributed by atoms with E-state index in [9.17, 15) is 0 Å². The van der Waals surface area contributed by atoms with E-state index in [4.69, 9.17) is 0 Å². The maximum absolute atomic E-state index is 2.15.